The highest BCUT2D eigenvalue weighted by atomic mass is 16.2. The lowest BCUT2D eigenvalue weighted by Crippen LogP contribution is -2.38. The molecule has 19 heavy (non-hydrogen) atoms. The molecule has 0 bridgehead atoms. The molecule has 5 heteroatoms. The van der Waals surface area contributed by atoms with E-state index in [0.717, 1.165) is 31.5 Å². The minimum atomic E-state index is 0.124. The summed E-state index contributed by atoms with van der Waals surface area (Å²) in [5, 5.41) is 2.71. The first-order valence-corrected chi connectivity index (χ1v) is 6.63. The van der Waals surface area contributed by atoms with Crippen molar-refractivity contribution in [2.75, 3.05) is 19.6 Å². The number of nitroso groups, excluding NO2 is 1. The van der Waals surface area contributed by atoms with Crippen LogP contribution in [0.25, 0.3) is 0 Å². The van der Waals surface area contributed by atoms with Crippen LogP contribution in [0.1, 0.15) is 26.7 Å². The Morgan fingerprint density at radius 2 is 1.84 bits per heavy atom. The molecule has 104 valence electrons. The molecule has 0 fully saturated rings. The van der Waals surface area contributed by atoms with E-state index in [9.17, 15) is 9.70 Å². The molecule has 0 unspecified atom stereocenters. The van der Waals surface area contributed by atoms with Gasteiger partial charge in [-0.05, 0) is 35.7 Å². The lowest BCUT2D eigenvalue weighted by molar-refractivity contribution is -0.131. The molecule has 0 radical (unpaired) electrons. The van der Waals surface area contributed by atoms with Gasteiger partial charge in [-0.25, -0.2) is 0 Å². The third kappa shape index (κ3) is 5.07. The van der Waals surface area contributed by atoms with E-state index in [-0.39, 0.29) is 5.91 Å². The minimum Gasteiger partial charge on any atom is -0.345 e. The summed E-state index contributed by atoms with van der Waals surface area (Å²) >= 11 is 0. The second kappa shape index (κ2) is 8.24. The normalized spacial score (nSPS) is 13.6. The minimum absolute atomic E-state index is 0.124. The molecule has 1 aliphatic rings. The Kier molecular flexibility index (Phi) is 6.57. The predicted molar refractivity (Wildman–Crippen MR) is 76.0 cm³/mol. The smallest absolute Gasteiger partial charge is 0.242 e. The standard InChI is InChI=1S/C14H21N3O2/c1-3-7-17(8-4-2)14(18)12-16-9-5-13(6-10-16)11-15-19/h5-6,9-11H,3-4,7-8,12H2,1-2H3. The van der Waals surface area contributed by atoms with Crippen LogP contribution >= 0.6 is 0 Å². The van der Waals surface area contributed by atoms with Crippen molar-refractivity contribution in [3.63, 3.8) is 0 Å². The van der Waals surface area contributed by atoms with Gasteiger partial charge in [0, 0.05) is 25.5 Å². The largest absolute Gasteiger partial charge is 0.345 e. The van der Waals surface area contributed by atoms with Crippen molar-refractivity contribution in [3.05, 3.63) is 41.2 Å². The van der Waals surface area contributed by atoms with Crippen molar-refractivity contribution in [1.29, 1.82) is 0 Å². The van der Waals surface area contributed by atoms with Crippen LogP contribution < -0.4 is 0 Å². The maximum Gasteiger partial charge on any atom is 0.242 e. The molecule has 1 heterocycles. The maximum absolute atomic E-state index is 12.1. The summed E-state index contributed by atoms with van der Waals surface area (Å²) in [6.07, 6.45) is 10.3. The van der Waals surface area contributed by atoms with Crippen LogP contribution in [-0.4, -0.2) is 35.3 Å². The molecular formula is C14H21N3O2. The SMILES string of the molecule is CCCN(CCC)C(=O)CN1C=CC(=CN=O)C=C1. The van der Waals surface area contributed by atoms with Crippen molar-refractivity contribution in [2.24, 2.45) is 5.18 Å². The Bertz CT molecular complexity index is 377. The van der Waals surface area contributed by atoms with Crippen molar-refractivity contribution >= 4 is 5.91 Å². The molecule has 5 nitrogen and oxygen atoms in total. The van der Waals surface area contributed by atoms with Crippen LogP contribution in [0.4, 0.5) is 0 Å². The van der Waals surface area contributed by atoms with E-state index in [1.165, 1.54) is 6.20 Å². The number of allylic oxidation sites excluding steroid dienone is 3. The van der Waals surface area contributed by atoms with E-state index in [0.29, 0.717) is 6.54 Å². The molecule has 1 amide bonds. The molecule has 0 aromatic carbocycles. The van der Waals surface area contributed by atoms with Crippen molar-refractivity contribution < 1.29 is 4.79 Å². The van der Waals surface area contributed by atoms with E-state index < -0.39 is 0 Å². The van der Waals surface area contributed by atoms with Gasteiger partial charge in [-0.3, -0.25) is 4.79 Å². The van der Waals surface area contributed by atoms with Gasteiger partial charge in [0.1, 0.15) is 6.54 Å². The fraction of sp³-hybridized carbons (Fsp3) is 0.500. The number of nitrogens with zero attached hydrogens (tertiary/aromatic N) is 3. The summed E-state index contributed by atoms with van der Waals surface area (Å²) in [6.45, 7) is 6.07. The van der Waals surface area contributed by atoms with Crippen LogP contribution in [0.2, 0.25) is 0 Å². The molecule has 0 N–H and O–H groups in total. The highest BCUT2D eigenvalue weighted by Gasteiger charge is 2.14. The molecular weight excluding hydrogens is 242 g/mol. The Balaban J connectivity index is 2.53. The molecule has 0 spiro atoms. The molecule has 0 aromatic heterocycles. The van der Waals surface area contributed by atoms with Gasteiger partial charge in [0.15, 0.2) is 0 Å². The Labute approximate surface area is 114 Å². The molecule has 0 aliphatic carbocycles. The maximum atomic E-state index is 12.1. The summed E-state index contributed by atoms with van der Waals surface area (Å²) in [7, 11) is 0. The van der Waals surface area contributed by atoms with E-state index in [1.807, 2.05) is 9.80 Å². The number of rotatable bonds is 7. The average molecular weight is 263 g/mol. The molecule has 1 rings (SSSR count). The van der Waals surface area contributed by atoms with E-state index in [1.54, 1.807) is 24.6 Å². The Hall–Kier alpha value is -1.91. The van der Waals surface area contributed by atoms with Gasteiger partial charge in [-0.1, -0.05) is 13.8 Å². The Morgan fingerprint density at radius 3 is 2.32 bits per heavy atom. The summed E-state index contributed by atoms with van der Waals surface area (Å²) in [6, 6.07) is 0. The third-order valence-electron chi connectivity index (χ3n) is 2.78. The van der Waals surface area contributed by atoms with Crippen LogP contribution in [0, 0.1) is 4.91 Å². The quantitative estimate of drug-likeness (QED) is 0.663. The summed E-state index contributed by atoms with van der Waals surface area (Å²) in [5.74, 6) is 0.124. The molecule has 0 aromatic rings. The van der Waals surface area contributed by atoms with Crippen molar-refractivity contribution in [3.8, 4) is 0 Å². The highest BCUT2D eigenvalue weighted by molar-refractivity contribution is 5.78. The number of hydrogen-bond acceptors (Lipinski definition) is 4. The van der Waals surface area contributed by atoms with E-state index >= 15 is 0 Å². The van der Waals surface area contributed by atoms with Gasteiger partial charge in [0.2, 0.25) is 5.91 Å². The molecule has 0 saturated heterocycles. The van der Waals surface area contributed by atoms with E-state index in [4.69, 9.17) is 0 Å². The second-order valence-electron chi connectivity index (χ2n) is 4.42. The third-order valence-corrected chi connectivity index (χ3v) is 2.78. The number of carbonyl (C=O) groups is 1. The summed E-state index contributed by atoms with van der Waals surface area (Å²) in [5.41, 5.74) is 0.734. The van der Waals surface area contributed by atoms with Crippen molar-refractivity contribution in [2.45, 2.75) is 26.7 Å². The first-order valence-electron chi connectivity index (χ1n) is 6.63. The first kappa shape index (κ1) is 15.1. The molecule has 0 saturated carbocycles. The monoisotopic (exact) mass is 263 g/mol. The van der Waals surface area contributed by atoms with Crippen LogP contribution in [0.3, 0.4) is 0 Å². The van der Waals surface area contributed by atoms with Gasteiger partial charge in [-0.2, -0.15) is 0 Å². The zero-order valence-corrected chi connectivity index (χ0v) is 11.6. The van der Waals surface area contributed by atoms with Crippen LogP contribution in [0.5, 0.6) is 0 Å². The average Bonchev–Trinajstić information content (AvgIpc) is 2.41. The van der Waals surface area contributed by atoms with Gasteiger partial charge in [0.05, 0.1) is 6.20 Å². The van der Waals surface area contributed by atoms with Gasteiger partial charge in [-0.15, -0.1) is 4.91 Å². The molecule has 0 atom stereocenters. The zero-order valence-electron chi connectivity index (χ0n) is 11.6. The van der Waals surface area contributed by atoms with Crippen LogP contribution in [0.15, 0.2) is 41.5 Å². The van der Waals surface area contributed by atoms with Gasteiger partial charge in [0.25, 0.3) is 0 Å². The van der Waals surface area contributed by atoms with E-state index in [2.05, 4.69) is 19.0 Å². The second-order valence-corrected chi connectivity index (χ2v) is 4.42. The van der Waals surface area contributed by atoms with Crippen LogP contribution in [-0.2, 0) is 4.79 Å². The fourth-order valence-corrected chi connectivity index (χ4v) is 1.88. The lowest BCUT2D eigenvalue weighted by atomic mass is 10.2. The highest BCUT2D eigenvalue weighted by Crippen LogP contribution is 2.10. The van der Waals surface area contributed by atoms with Crippen molar-refractivity contribution in [1.82, 2.24) is 9.80 Å². The fourth-order valence-electron chi connectivity index (χ4n) is 1.88. The zero-order chi connectivity index (χ0) is 14.1. The summed E-state index contributed by atoms with van der Waals surface area (Å²) < 4.78 is 0. The van der Waals surface area contributed by atoms with Gasteiger partial charge < -0.3 is 9.80 Å². The topological polar surface area (TPSA) is 53.0 Å². The van der Waals surface area contributed by atoms with Gasteiger partial charge >= 0.3 is 0 Å². The lowest BCUT2D eigenvalue weighted by Gasteiger charge is -2.25. The Morgan fingerprint density at radius 1 is 1.26 bits per heavy atom. The number of hydrogen-bond donors (Lipinski definition) is 0. The number of amides is 1. The predicted octanol–water partition coefficient (Wildman–Crippen LogP) is 2.63. The number of carbonyl (C=O) groups excluding carboxylic acids is 1. The molecule has 1 aliphatic heterocycles. The first-order chi connectivity index (χ1) is 9.21. The summed E-state index contributed by atoms with van der Waals surface area (Å²) in [4.78, 5) is 25.9.